The Kier molecular flexibility index (Phi) is 8.58. The van der Waals surface area contributed by atoms with Crippen LogP contribution in [-0.2, 0) is 4.79 Å². The minimum absolute atomic E-state index is 0.191. The van der Waals surface area contributed by atoms with Crippen LogP contribution in [0.15, 0.2) is 11.6 Å². The first kappa shape index (κ1) is 18.0. The Hall–Kier alpha value is -0.950. The Morgan fingerprint density at radius 2 is 1.58 bits per heavy atom. The molecule has 0 saturated carbocycles. The van der Waals surface area contributed by atoms with Gasteiger partial charge in [0.1, 0.15) is 0 Å². The molecule has 0 aromatic heterocycles. The Bertz CT molecular complexity index is 291. The Morgan fingerprint density at radius 1 is 1.11 bits per heavy atom. The third-order valence-electron chi connectivity index (χ3n) is 2.55. The maximum atomic E-state index is 10.6. The van der Waals surface area contributed by atoms with E-state index in [-0.39, 0.29) is 18.5 Å². The van der Waals surface area contributed by atoms with Crippen molar-refractivity contribution in [1.29, 1.82) is 0 Å². The molecular weight excluding hydrogens is 250 g/mol. The number of rotatable bonds is 9. The predicted molar refractivity (Wildman–Crippen MR) is 71.8 cm³/mol. The summed E-state index contributed by atoms with van der Waals surface area (Å²) >= 11 is 0. The third-order valence-corrected chi connectivity index (χ3v) is 2.55. The van der Waals surface area contributed by atoms with Crippen LogP contribution in [0.4, 0.5) is 0 Å². The molecule has 0 aliphatic carbocycles. The van der Waals surface area contributed by atoms with E-state index in [4.69, 9.17) is 5.11 Å². The maximum Gasteiger partial charge on any atom is 0.330 e. The lowest BCUT2D eigenvalue weighted by molar-refractivity contribution is -0.132. The summed E-state index contributed by atoms with van der Waals surface area (Å²) in [5.74, 6) is -1.00. The van der Waals surface area contributed by atoms with E-state index in [0.29, 0.717) is 13.1 Å². The zero-order valence-corrected chi connectivity index (χ0v) is 11.8. The van der Waals surface area contributed by atoms with Crippen molar-refractivity contribution < 1.29 is 25.2 Å². The van der Waals surface area contributed by atoms with Crippen molar-refractivity contribution in [2.75, 3.05) is 19.6 Å². The SMILES string of the molecule is CC(=CCC(O)CN(CC(C)O)CC(C)O)C(=O)O. The van der Waals surface area contributed by atoms with Gasteiger partial charge in [-0.15, -0.1) is 0 Å². The van der Waals surface area contributed by atoms with Crippen LogP contribution in [0.25, 0.3) is 0 Å². The van der Waals surface area contributed by atoms with Gasteiger partial charge in [-0.2, -0.15) is 0 Å². The molecule has 0 saturated heterocycles. The van der Waals surface area contributed by atoms with E-state index in [1.807, 2.05) is 0 Å². The van der Waals surface area contributed by atoms with E-state index in [9.17, 15) is 20.1 Å². The molecule has 0 aromatic carbocycles. The molecule has 3 atom stereocenters. The van der Waals surface area contributed by atoms with E-state index < -0.39 is 24.3 Å². The van der Waals surface area contributed by atoms with Crippen molar-refractivity contribution in [3.63, 3.8) is 0 Å². The van der Waals surface area contributed by atoms with Crippen LogP contribution in [0.1, 0.15) is 27.2 Å². The number of aliphatic hydroxyl groups is 3. The molecule has 0 aliphatic heterocycles. The average molecular weight is 275 g/mol. The second-order valence-corrected chi connectivity index (χ2v) is 5.00. The van der Waals surface area contributed by atoms with Gasteiger partial charge >= 0.3 is 5.97 Å². The van der Waals surface area contributed by atoms with Gasteiger partial charge in [-0.1, -0.05) is 6.08 Å². The van der Waals surface area contributed by atoms with E-state index >= 15 is 0 Å². The molecule has 6 nitrogen and oxygen atoms in total. The summed E-state index contributed by atoms with van der Waals surface area (Å²) in [5, 5.41) is 37.2. The van der Waals surface area contributed by atoms with E-state index in [1.165, 1.54) is 13.0 Å². The number of aliphatic carboxylic acids is 1. The smallest absolute Gasteiger partial charge is 0.330 e. The molecule has 3 unspecified atom stereocenters. The second-order valence-electron chi connectivity index (χ2n) is 5.00. The molecule has 112 valence electrons. The van der Waals surface area contributed by atoms with Crippen LogP contribution in [0, 0.1) is 0 Å². The molecule has 6 heteroatoms. The molecule has 0 spiro atoms. The highest BCUT2D eigenvalue weighted by atomic mass is 16.4. The maximum absolute atomic E-state index is 10.6. The summed E-state index contributed by atoms with van der Waals surface area (Å²) in [6.45, 7) is 5.72. The van der Waals surface area contributed by atoms with Gasteiger partial charge in [0, 0.05) is 25.2 Å². The molecule has 0 bridgehead atoms. The fourth-order valence-electron chi connectivity index (χ4n) is 1.74. The lowest BCUT2D eigenvalue weighted by atomic mass is 10.1. The van der Waals surface area contributed by atoms with Gasteiger partial charge in [0.15, 0.2) is 0 Å². The first-order chi connectivity index (χ1) is 8.72. The van der Waals surface area contributed by atoms with Crippen molar-refractivity contribution in [3.8, 4) is 0 Å². The van der Waals surface area contributed by atoms with Crippen LogP contribution < -0.4 is 0 Å². The zero-order chi connectivity index (χ0) is 15.0. The molecule has 0 aromatic rings. The molecule has 4 N–H and O–H groups in total. The predicted octanol–water partition coefficient (Wildman–Crippen LogP) is -0.168. The molecule has 0 fully saturated rings. The van der Waals surface area contributed by atoms with E-state index in [1.54, 1.807) is 18.7 Å². The third kappa shape index (κ3) is 9.61. The lowest BCUT2D eigenvalue weighted by Gasteiger charge is -2.27. The van der Waals surface area contributed by atoms with Crippen LogP contribution in [0.3, 0.4) is 0 Å². The molecule has 19 heavy (non-hydrogen) atoms. The van der Waals surface area contributed by atoms with Crippen molar-refractivity contribution in [1.82, 2.24) is 4.90 Å². The second kappa shape index (κ2) is 9.03. The summed E-state index contributed by atoms with van der Waals surface area (Å²) in [6.07, 6.45) is -0.138. The molecule has 0 heterocycles. The van der Waals surface area contributed by atoms with Crippen LogP contribution >= 0.6 is 0 Å². The minimum Gasteiger partial charge on any atom is -0.478 e. The van der Waals surface area contributed by atoms with Crippen LogP contribution in [0.5, 0.6) is 0 Å². The van der Waals surface area contributed by atoms with E-state index in [2.05, 4.69) is 0 Å². The van der Waals surface area contributed by atoms with Crippen molar-refractivity contribution in [2.24, 2.45) is 0 Å². The van der Waals surface area contributed by atoms with Gasteiger partial charge < -0.3 is 20.4 Å². The standard InChI is InChI=1S/C13H25NO5/c1-9(13(18)19)4-5-12(17)8-14(6-10(2)15)7-11(3)16/h4,10-12,15-17H,5-8H2,1-3H3,(H,18,19). The minimum atomic E-state index is -1.00. The lowest BCUT2D eigenvalue weighted by Crippen LogP contribution is -2.40. The number of nitrogens with zero attached hydrogens (tertiary/aromatic N) is 1. The van der Waals surface area contributed by atoms with Gasteiger partial charge in [0.2, 0.25) is 0 Å². The fourth-order valence-corrected chi connectivity index (χ4v) is 1.74. The number of aliphatic hydroxyl groups excluding tert-OH is 3. The number of carbonyl (C=O) groups is 1. The van der Waals surface area contributed by atoms with Gasteiger partial charge in [-0.3, -0.25) is 4.90 Å². The van der Waals surface area contributed by atoms with Gasteiger partial charge in [0.25, 0.3) is 0 Å². The summed E-state index contributed by atoms with van der Waals surface area (Å²) in [6, 6.07) is 0. The molecule has 0 aliphatic rings. The highest BCUT2D eigenvalue weighted by Crippen LogP contribution is 2.04. The number of hydrogen-bond acceptors (Lipinski definition) is 5. The molecule has 0 amide bonds. The van der Waals surface area contributed by atoms with Gasteiger partial charge in [-0.25, -0.2) is 4.79 Å². The largest absolute Gasteiger partial charge is 0.478 e. The quantitative estimate of drug-likeness (QED) is 0.436. The van der Waals surface area contributed by atoms with E-state index in [0.717, 1.165) is 0 Å². The average Bonchev–Trinajstić information content (AvgIpc) is 2.23. The summed E-state index contributed by atoms with van der Waals surface area (Å²) in [4.78, 5) is 12.4. The molecule has 0 radical (unpaired) electrons. The number of hydrogen-bond donors (Lipinski definition) is 4. The first-order valence-corrected chi connectivity index (χ1v) is 6.39. The van der Waals surface area contributed by atoms with Gasteiger partial charge in [-0.05, 0) is 27.2 Å². The summed E-state index contributed by atoms with van der Waals surface area (Å²) in [5.41, 5.74) is 0.191. The molecular formula is C13H25NO5. The van der Waals surface area contributed by atoms with Crippen molar-refractivity contribution in [3.05, 3.63) is 11.6 Å². The highest BCUT2D eigenvalue weighted by molar-refractivity contribution is 5.85. The Morgan fingerprint density at radius 3 is 1.95 bits per heavy atom. The Labute approximate surface area is 114 Å². The summed E-state index contributed by atoms with van der Waals surface area (Å²) in [7, 11) is 0. The highest BCUT2D eigenvalue weighted by Gasteiger charge is 2.15. The fraction of sp³-hybridized carbons (Fsp3) is 0.769. The topological polar surface area (TPSA) is 101 Å². The normalized spacial score (nSPS) is 17.3. The summed E-state index contributed by atoms with van der Waals surface area (Å²) < 4.78 is 0. The zero-order valence-electron chi connectivity index (χ0n) is 11.8. The van der Waals surface area contributed by atoms with Crippen molar-refractivity contribution in [2.45, 2.75) is 45.5 Å². The number of carboxylic acid groups (broad SMARTS) is 1. The van der Waals surface area contributed by atoms with Crippen LogP contribution in [-0.4, -0.2) is 69.2 Å². The molecule has 0 rings (SSSR count). The van der Waals surface area contributed by atoms with Crippen LogP contribution in [0.2, 0.25) is 0 Å². The van der Waals surface area contributed by atoms with Crippen molar-refractivity contribution >= 4 is 5.97 Å². The Balaban J connectivity index is 4.33. The first-order valence-electron chi connectivity index (χ1n) is 6.39. The monoisotopic (exact) mass is 275 g/mol. The van der Waals surface area contributed by atoms with Gasteiger partial charge in [0.05, 0.1) is 18.3 Å². The number of carboxylic acids is 1.